The third-order valence-electron chi connectivity index (χ3n) is 3.77. The number of ether oxygens (including phenoxy) is 1. The summed E-state index contributed by atoms with van der Waals surface area (Å²) in [4.78, 5) is 35.8. The Morgan fingerprint density at radius 3 is 2.37 bits per heavy atom. The molecule has 0 unspecified atom stereocenters. The number of hydrogen-bond donors (Lipinski definition) is 2. The summed E-state index contributed by atoms with van der Waals surface area (Å²) in [7, 11) is 0. The molecule has 3 N–H and O–H groups in total. The summed E-state index contributed by atoms with van der Waals surface area (Å²) >= 11 is 6.11. The zero-order chi connectivity index (χ0) is 20.0. The number of nitrogens with one attached hydrogen (secondary N) is 1. The van der Waals surface area contributed by atoms with E-state index in [2.05, 4.69) is 5.32 Å². The number of benzene rings is 2. The van der Waals surface area contributed by atoms with Crippen LogP contribution in [0.25, 0.3) is 0 Å². The van der Waals surface area contributed by atoms with Crippen LogP contribution in [0.2, 0.25) is 5.02 Å². The van der Waals surface area contributed by atoms with E-state index in [1.807, 2.05) is 0 Å². The number of Topliss-reactive ketones (excluding diaryl/α,β-unsaturated/α-hetero) is 1. The predicted octanol–water partition coefficient (Wildman–Crippen LogP) is 3.39. The maximum absolute atomic E-state index is 13.0. The molecule has 0 aliphatic rings. The SMILES string of the molecule is C[C@H](OC(=O)C[C@H](NC(N)=O)c1ccccc1Cl)C(=O)c1ccc(F)cc1. The van der Waals surface area contributed by atoms with Gasteiger partial charge in [-0.3, -0.25) is 9.59 Å². The molecule has 2 atom stereocenters. The minimum atomic E-state index is -1.08. The number of primary amides is 1. The first kappa shape index (κ1) is 20.4. The molecule has 0 spiro atoms. The summed E-state index contributed by atoms with van der Waals surface area (Å²) in [6.07, 6.45) is -1.35. The van der Waals surface area contributed by atoms with Crippen LogP contribution in [0.3, 0.4) is 0 Å². The highest BCUT2D eigenvalue weighted by atomic mass is 35.5. The highest BCUT2D eigenvalue weighted by Gasteiger charge is 2.24. The van der Waals surface area contributed by atoms with Crippen molar-refractivity contribution in [3.63, 3.8) is 0 Å². The van der Waals surface area contributed by atoms with Gasteiger partial charge in [0.05, 0.1) is 12.5 Å². The molecular formula is C19H18ClFN2O4. The molecule has 0 saturated heterocycles. The van der Waals surface area contributed by atoms with E-state index in [0.717, 1.165) is 12.1 Å². The van der Waals surface area contributed by atoms with Gasteiger partial charge in [0.25, 0.3) is 0 Å². The number of amides is 2. The van der Waals surface area contributed by atoms with Crippen molar-refractivity contribution in [2.24, 2.45) is 5.73 Å². The fourth-order valence-electron chi connectivity index (χ4n) is 2.48. The van der Waals surface area contributed by atoms with Crippen LogP contribution in [0.4, 0.5) is 9.18 Å². The first-order valence-corrected chi connectivity index (χ1v) is 8.45. The second-order valence-corrected chi connectivity index (χ2v) is 6.20. The van der Waals surface area contributed by atoms with Gasteiger partial charge in [0, 0.05) is 10.6 Å². The molecular weight excluding hydrogens is 375 g/mol. The van der Waals surface area contributed by atoms with Crippen LogP contribution in [0.15, 0.2) is 48.5 Å². The van der Waals surface area contributed by atoms with Crippen LogP contribution in [0.1, 0.15) is 35.3 Å². The molecule has 0 saturated carbocycles. The lowest BCUT2D eigenvalue weighted by Crippen LogP contribution is -2.35. The third-order valence-corrected chi connectivity index (χ3v) is 4.12. The van der Waals surface area contributed by atoms with Crippen LogP contribution in [0, 0.1) is 5.82 Å². The number of esters is 1. The van der Waals surface area contributed by atoms with E-state index in [9.17, 15) is 18.8 Å². The van der Waals surface area contributed by atoms with Crippen molar-refractivity contribution in [1.29, 1.82) is 0 Å². The first-order valence-electron chi connectivity index (χ1n) is 8.07. The molecule has 2 aromatic rings. The number of hydrogen-bond acceptors (Lipinski definition) is 4. The first-order chi connectivity index (χ1) is 12.8. The van der Waals surface area contributed by atoms with Gasteiger partial charge in [-0.2, -0.15) is 0 Å². The highest BCUT2D eigenvalue weighted by molar-refractivity contribution is 6.31. The number of rotatable bonds is 7. The Hall–Kier alpha value is -2.93. The molecule has 0 aromatic heterocycles. The Balaban J connectivity index is 2.06. The van der Waals surface area contributed by atoms with Gasteiger partial charge >= 0.3 is 12.0 Å². The normalized spacial score (nSPS) is 12.7. The average molecular weight is 393 g/mol. The van der Waals surface area contributed by atoms with Gasteiger partial charge in [0.1, 0.15) is 5.82 Å². The van der Waals surface area contributed by atoms with Gasteiger partial charge in [0.2, 0.25) is 5.78 Å². The summed E-state index contributed by atoms with van der Waals surface area (Å²) < 4.78 is 18.1. The monoisotopic (exact) mass is 392 g/mol. The number of nitrogens with two attached hydrogens (primary N) is 1. The molecule has 0 bridgehead atoms. The molecule has 27 heavy (non-hydrogen) atoms. The number of carbonyl (C=O) groups excluding carboxylic acids is 3. The predicted molar refractivity (Wildman–Crippen MR) is 97.8 cm³/mol. The van der Waals surface area contributed by atoms with Gasteiger partial charge < -0.3 is 15.8 Å². The molecule has 0 radical (unpaired) electrons. The standard InChI is InChI=1S/C19H18ClFN2O4/c1-11(18(25)12-6-8-13(21)9-7-12)27-17(24)10-16(23-19(22)26)14-4-2-3-5-15(14)20/h2-9,11,16H,10H2,1H3,(H3,22,23,26)/t11-,16-/m0/s1. The molecule has 6 nitrogen and oxygen atoms in total. The Bertz CT molecular complexity index is 842. The summed E-state index contributed by atoms with van der Waals surface area (Å²) in [5, 5.41) is 2.78. The highest BCUT2D eigenvalue weighted by Crippen LogP contribution is 2.25. The third kappa shape index (κ3) is 5.79. The zero-order valence-electron chi connectivity index (χ0n) is 14.4. The summed E-state index contributed by atoms with van der Waals surface area (Å²) in [6.45, 7) is 1.41. The van der Waals surface area contributed by atoms with Crippen molar-refractivity contribution in [2.45, 2.75) is 25.5 Å². The van der Waals surface area contributed by atoms with Crippen molar-refractivity contribution >= 4 is 29.4 Å². The minimum Gasteiger partial charge on any atom is -0.454 e. The summed E-state index contributed by atoms with van der Waals surface area (Å²) in [5.74, 6) is -1.67. The second kappa shape index (κ2) is 9.14. The van der Waals surface area contributed by atoms with Crippen LogP contribution in [0.5, 0.6) is 0 Å². The van der Waals surface area contributed by atoms with Gasteiger partial charge in [-0.1, -0.05) is 29.8 Å². The number of halogens is 2. The van der Waals surface area contributed by atoms with Crippen molar-refractivity contribution in [2.75, 3.05) is 0 Å². The molecule has 142 valence electrons. The lowest BCUT2D eigenvalue weighted by atomic mass is 10.0. The largest absolute Gasteiger partial charge is 0.454 e. The molecule has 0 fully saturated rings. The molecule has 2 amide bonds. The van der Waals surface area contributed by atoms with Crippen LogP contribution in [-0.2, 0) is 9.53 Å². The summed E-state index contributed by atoms with van der Waals surface area (Å²) in [5.41, 5.74) is 5.87. The van der Waals surface area contributed by atoms with Crippen LogP contribution < -0.4 is 11.1 Å². The smallest absolute Gasteiger partial charge is 0.312 e. The molecule has 2 rings (SSSR count). The Labute approximate surface area is 160 Å². The van der Waals surface area contributed by atoms with Crippen molar-refractivity contribution in [1.82, 2.24) is 5.32 Å². The fourth-order valence-corrected chi connectivity index (χ4v) is 2.75. The van der Waals surface area contributed by atoms with E-state index >= 15 is 0 Å². The van der Waals surface area contributed by atoms with Crippen LogP contribution in [-0.4, -0.2) is 23.9 Å². The molecule has 0 aliphatic heterocycles. The second-order valence-electron chi connectivity index (χ2n) is 5.79. The number of urea groups is 1. The van der Waals surface area contributed by atoms with Crippen molar-refractivity contribution in [3.8, 4) is 0 Å². The van der Waals surface area contributed by atoms with E-state index < -0.39 is 35.7 Å². The zero-order valence-corrected chi connectivity index (χ0v) is 15.2. The van der Waals surface area contributed by atoms with Crippen molar-refractivity contribution in [3.05, 3.63) is 70.5 Å². The fraction of sp³-hybridized carbons (Fsp3) is 0.211. The minimum absolute atomic E-state index is 0.217. The van der Waals surface area contributed by atoms with Gasteiger partial charge in [-0.15, -0.1) is 0 Å². The number of carbonyl (C=O) groups is 3. The quantitative estimate of drug-likeness (QED) is 0.557. The lowest BCUT2D eigenvalue weighted by Gasteiger charge is -2.20. The lowest BCUT2D eigenvalue weighted by molar-refractivity contribution is -0.146. The maximum Gasteiger partial charge on any atom is 0.312 e. The number of ketones is 1. The van der Waals surface area contributed by atoms with Crippen LogP contribution >= 0.6 is 11.6 Å². The van der Waals surface area contributed by atoms with E-state index in [4.69, 9.17) is 22.1 Å². The Morgan fingerprint density at radius 2 is 1.78 bits per heavy atom. The topological polar surface area (TPSA) is 98.5 Å². The average Bonchev–Trinajstić information content (AvgIpc) is 2.61. The van der Waals surface area contributed by atoms with Gasteiger partial charge in [-0.25, -0.2) is 9.18 Å². The van der Waals surface area contributed by atoms with E-state index in [-0.39, 0.29) is 12.0 Å². The molecule has 8 heteroatoms. The van der Waals surface area contributed by atoms with E-state index in [1.165, 1.54) is 19.1 Å². The Kier molecular flexibility index (Phi) is 6.90. The summed E-state index contributed by atoms with van der Waals surface area (Å²) in [6, 6.07) is 9.92. The van der Waals surface area contributed by atoms with E-state index in [1.54, 1.807) is 24.3 Å². The molecule has 0 heterocycles. The molecule has 0 aliphatic carbocycles. The maximum atomic E-state index is 13.0. The van der Waals surface area contributed by atoms with Gasteiger partial charge in [-0.05, 0) is 42.8 Å². The van der Waals surface area contributed by atoms with Gasteiger partial charge in [0.15, 0.2) is 6.10 Å². The van der Waals surface area contributed by atoms with Crippen molar-refractivity contribution < 1.29 is 23.5 Å². The van der Waals surface area contributed by atoms with E-state index in [0.29, 0.717) is 10.6 Å². The Morgan fingerprint density at radius 1 is 1.15 bits per heavy atom. The molecule has 2 aromatic carbocycles.